The van der Waals surface area contributed by atoms with Crippen molar-refractivity contribution in [2.75, 3.05) is 30.9 Å². The zero-order valence-corrected chi connectivity index (χ0v) is 18.6. The number of carbonyl (C=O) groups excluding carboxylic acids is 1. The fourth-order valence-electron chi connectivity index (χ4n) is 2.79. The minimum absolute atomic E-state index is 0.158. The Morgan fingerprint density at radius 1 is 1.00 bits per heavy atom. The Morgan fingerprint density at radius 2 is 1.60 bits per heavy atom. The van der Waals surface area contributed by atoms with Gasteiger partial charge in [0.1, 0.15) is 16.4 Å². The molecule has 0 aliphatic carbocycles. The maximum absolute atomic E-state index is 13.0. The average Bonchev–Trinajstić information content (AvgIpc) is 3.23. The number of carbonyl (C=O) groups is 1. The third-order valence-corrected chi connectivity index (χ3v) is 7.17. The molecule has 2 aromatic carbocycles. The number of anilines is 2. The Morgan fingerprint density at radius 3 is 2.17 bits per heavy atom. The molecule has 0 unspecified atom stereocenters. The molecule has 0 spiro atoms. The molecule has 158 valence electrons. The summed E-state index contributed by atoms with van der Waals surface area (Å²) in [7, 11) is 0.657. The number of nitrogens with one attached hydrogen (secondary N) is 1. The van der Waals surface area contributed by atoms with Gasteiger partial charge >= 0.3 is 0 Å². The molecule has 3 aromatic rings. The van der Waals surface area contributed by atoms with Crippen LogP contribution in [0.25, 0.3) is 0 Å². The molecule has 0 radical (unpaired) electrons. The van der Waals surface area contributed by atoms with Crippen LogP contribution in [0.3, 0.4) is 0 Å². The molecule has 0 fully saturated rings. The van der Waals surface area contributed by atoms with Crippen molar-refractivity contribution in [1.82, 2.24) is 0 Å². The van der Waals surface area contributed by atoms with Crippen LogP contribution in [0.1, 0.15) is 15.2 Å². The van der Waals surface area contributed by atoms with Gasteiger partial charge in [-0.25, -0.2) is 8.42 Å². The average molecular weight is 447 g/mol. The van der Waals surface area contributed by atoms with Gasteiger partial charge in [-0.1, -0.05) is 17.7 Å². The molecule has 0 bridgehead atoms. The zero-order valence-electron chi connectivity index (χ0n) is 17.0. The van der Waals surface area contributed by atoms with Gasteiger partial charge in [-0.2, -0.15) is 0 Å². The minimum Gasteiger partial charge on any atom is -0.497 e. The van der Waals surface area contributed by atoms with E-state index in [1.54, 1.807) is 53.9 Å². The van der Waals surface area contributed by atoms with Crippen LogP contribution in [0.2, 0.25) is 0 Å². The molecule has 0 saturated heterocycles. The van der Waals surface area contributed by atoms with E-state index in [2.05, 4.69) is 5.32 Å². The Kier molecular flexibility index (Phi) is 6.33. The molecule has 9 heteroatoms. The lowest BCUT2D eigenvalue weighted by molar-refractivity contribution is 0.103. The highest BCUT2D eigenvalue weighted by molar-refractivity contribution is 7.92. The predicted molar refractivity (Wildman–Crippen MR) is 119 cm³/mol. The lowest BCUT2D eigenvalue weighted by Gasteiger charge is -2.20. The second kappa shape index (κ2) is 8.76. The second-order valence-corrected chi connectivity index (χ2v) is 9.36. The van der Waals surface area contributed by atoms with Gasteiger partial charge in [0, 0.05) is 30.9 Å². The summed E-state index contributed by atoms with van der Waals surface area (Å²) in [4.78, 5) is 13.3. The van der Waals surface area contributed by atoms with Crippen molar-refractivity contribution in [2.24, 2.45) is 0 Å². The standard InChI is InChI=1S/C21H22N2O5S2/c1-14-5-7-18(8-6-14)30(25,26)23(2)19-9-10-29-20(19)21(24)22-15-11-16(27-3)13-17(12-15)28-4/h5-13H,1-4H3,(H,22,24). The Labute approximate surface area is 179 Å². The maximum Gasteiger partial charge on any atom is 0.267 e. The van der Waals surface area contributed by atoms with Crippen LogP contribution >= 0.6 is 11.3 Å². The van der Waals surface area contributed by atoms with Crippen molar-refractivity contribution < 1.29 is 22.7 Å². The molecule has 1 heterocycles. The molecule has 1 aromatic heterocycles. The van der Waals surface area contributed by atoms with Crippen LogP contribution in [0, 0.1) is 6.92 Å². The van der Waals surface area contributed by atoms with E-state index < -0.39 is 15.9 Å². The van der Waals surface area contributed by atoms with Crippen LogP contribution in [0.5, 0.6) is 11.5 Å². The molecule has 1 amide bonds. The lowest BCUT2D eigenvalue weighted by atomic mass is 10.2. The molecule has 0 aliphatic rings. The summed E-state index contributed by atoms with van der Waals surface area (Å²) < 4.78 is 37.6. The summed E-state index contributed by atoms with van der Waals surface area (Å²) in [6.07, 6.45) is 0. The third-order valence-electron chi connectivity index (χ3n) is 4.48. The number of hydrogen-bond donors (Lipinski definition) is 1. The lowest BCUT2D eigenvalue weighted by Crippen LogP contribution is -2.28. The molecule has 0 aliphatic heterocycles. The number of amides is 1. The first kappa shape index (κ1) is 21.7. The van der Waals surface area contributed by atoms with Gasteiger partial charge in [0.05, 0.1) is 24.8 Å². The van der Waals surface area contributed by atoms with Crippen molar-refractivity contribution in [1.29, 1.82) is 0 Å². The number of methoxy groups -OCH3 is 2. The molecule has 0 saturated carbocycles. The van der Waals surface area contributed by atoms with E-state index in [-0.39, 0.29) is 9.77 Å². The van der Waals surface area contributed by atoms with E-state index in [1.807, 2.05) is 6.92 Å². The molecule has 1 N–H and O–H groups in total. The van der Waals surface area contributed by atoms with Gasteiger partial charge in [-0.15, -0.1) is 11.3 Å². The predicted octanol–water partition coefficient (Wildman–Crippen LogP) is 4.15. The number of sulfonamides is 1. The van der Waals surface area contributed by atoms with Crippen LogP contribution in [0.4, 0.5) is 11.4 Å². The number of hydrogen-bond acceptors (Lipinski definition) is 6. The first-order chi connectivity index (χ1) is 14.3. The van der Waals surface area contributed by atoms with Crippen LogP contribution < -0.4 is 19.1 Å². The van der Waals surface area contributed by atoms with Gasteiger partial charge in [0.25, 0.3) is 15.9 Å². The van der Waals surface area contributed by atoms with Gasteiger partial charge in [-0.05, 0) is 30.5 Å². The van der Waals surface area contributed by atoms with E-state index in [0.717, 1.165) is 21.2 Å². The number of ether oxygens (including phenoxy) is 2. The summed E-state index contributed by atoms with van der Waals surface area (Å²) in [6.45, 7) is 1.88. The number of aryl methyl sites for hydroxylation is 1. The van der Waals surface area contributed by atoms with Crippen molar-refractivity contribution in [3.8, 4) is 11.5 Å². The summed E-state index contributed by atoms with van der Waals surface area (Å²) in [5.74, 6) is 0.617. The smallest absolute Gasteiger partial charge is 0.267 e. The highest BCUT2D eigenvalue weighted by Gasteiger charge is 2.26. The first-order valence-electron chi connectivity index (χ1n) is 8.93. The maximum atomic E-state index is 13.0. The normalized spacial score (nSPS) is 11.1. The van der Waals surface area contributed by atoms with Crippen molar-refractivity contribution in [3.05, 3.63) is 64.4 Å². The largest absolute Gasteiger partial charge is 0.497 e. The van der Waals surface area contributed by atoms with E-state index >= 15 is 0 Å². The van der Waals surface area contributed by atoms with Crippen molar-refractivity contribution in [2.45, 2.75) is 11.8 Å². The SMILES string of the molecule is COc1cc(NC(=O)c2sccc2N(C)S(=O)(=O)c2ccc(C)cc2)cc(OC)c1. The Balaban J connectivity index is 1.89. The van der Waals surface area contributed by atoms with Crippen molar-refractivity contribution in [3.63, 3.8) is 0 Å². The van der Waals surface area contributed by atoms with Crippen LogP contribution in [-0.2, 0) is 10.0 Å². The first-order valence-corrected chi connectivity index (χ1v) is 11.3. The molecule has 7 nitrogen and oxygen atoms in total. The third kappa shape index (κ3) is 4.42. The monoisotopic (exact) mass is 446 g/mol. The number of rotatable bonds is 7. The topological polar surface area (TPSA) is 84.9 Å². The highest BCUT2D eigenvalue weighted by Crippen LogP contribution is 2.32. The fourth-order valence-corrected chi connectivity index (χ4v) is 4.87. The van der Waals surface area contributed by atoms with E-state index in [9.17, 15) is 13.2 Å². The number of benzene rings is 2. The van der Waals surface area contributed by atoms with E-state index in [0.29, 0.717) is 22.9 Å². The van der Waals surface area contributed by atoms with Gasteiger partial charge in [-0.3, -0.25) is 9.10 Å². The van der Waals surface area contributed by atoms with Crippen LogP contribution in [0.15, 0.2) is 58.8 Å². The molecule has 0 atom stereocenters. The highest BCUT2D eigenvalue weighted by atomic mass is 32.2. The molecular weight excluding hydrogens is 424 g/mol. The second-order valence-electron chi connectivity index (χ2n) is 6.48. The summed E-state index contributed by atoms with van der Waals surface area (Å²) in [5.41, 5.74) is 1.73. The zero-order chi connectivity index (χ0) is 21.9. The molecule has 30 heavy (non-hydrogen) atoms. The minimum atomic E-state index is -3.81. The van der Waals surface area contributed by atoms with Crippen LogP contribution in [-0.4, -0.2) is 35.6 Å². The number of thiophene rings is 1. The molecular formula is C21H22N2O5S2. The van der Waals surface area contributed by atoms with Gasteiger partial charge < -0.3 is 14.8 Å². The van der Waals surface area contributed by atoms with E-state index in [4.69, 9.17) is 9.47 Å². The Hall–Kier alpha value is -3.04. The van der Waals surface area contributed by atoms with Crippen molar-refractivity contribution >= 4 is 38.6 Å². The number of nitrogens with zero attached hydrogens (tertiary/aromatic N) is 1. The fraction of sp³-hybridized carbons (Fsp3) is 0.190. The summed E-state index contributed by atoms with van der Waals surface area (Å²) in [6, 6.07) is 13.2. The van der Waals surface area contributed by atoms with E-state index in [1.165, 1.54) is 21.3 Å². The molecule has 3 rings (SSSR count). The van der Waals surface area contributed by atoms with Gasteiger partial charge in [0.2, 0.25) is 0 Å². The van der Waals surface area contributed by atoms with Gasteiger partial charge in [0.15, 0.2) is 0 Å². The quantitative estimate of drug-likeness (QED) is 0.589. The summed E-state index contributed by atoms with van der Waals surface area (Å²) >= 11 is 1.16. The Bertz CT molecular complexity index is 1130. The summed E-state index contributed by atoms with van der Waals surface area (Å²) in [5, 5.41) is 4.46.